The second kappa shape index (κ2) is 11.4. The quantitative estimate of drug-likeness (QED) is 0.463. The summed E-state index contributed by atoms with van der Waals surface area (Å²) in [6.45, 7) is 6.08. The van der Waals surface area contributed by atoms with Gasteiger partial charge in [-0.25, -0.2) is 0 Å². The molecule has 1 fully saturated rings. The van der Waals surface area contributed by atoms with Crippen LogP contribution >= 0.6 is 0 Å². The number of hydrogen-bond acceptors (Lipinski definition) is 4. The highest BCUT2D eigenvalue weighted by molar-refractivity contribution is 6.08. The monoisotopic (exact) mass is 511 g/mol. The third-order valence-electron chi connectivity index (χ3n) is 8.00. The van der Waals surface area contributed by atoms with Crippen molar-refractivity contribution in [1.82, 2.24) is 9.80 Å². The van der Waals surface area contributed by atoms with E-state index >= 15 is 0 Å². The number of piperazine rings is 1. The molecule has 38 heavy (non-hydrogen) atoms. The van der Waals surface area contributed by atoms with Gasteiger partial charge in [0, 0.05) is 50.4 Å². The van der Waals surface area contributed by atoms with Crippen LogP contribution in [-0.2, 0) is 4.79 Å². The zero-order valence-corrected chi connectivity index (χ0v) is 22.7. The Kier molecular flexibility index (Phi) is 7.79. The van der Waals surface area contributed by atoms with Gasteiger partial charge < -0.3 is 19.4 Å². The Morgan fingerprint density at radius 2 is 1.61 bits per heavy atom. The van der Waals surface area contributed by atoms with Gasteiger partial charge in [0.2, 0.25) is 5.91 Å². The maximum Gasteiger partial charge on any atom is 0.258 e. The van der Waals surface area contributed by atoms with Crippen LogP contribution in [0.25, 0.3) is 11.1 Å². The lowest BCUT2D eigenvalue weighted by Gasteiger charge is -2.33. The number of para-hydroxylation sites is 1. The molecule has 0 aromatic heterocycles. The zero-order chi connectivity index (χ0) is 26.6. The van der Waals surface area contributed by atoms with E-state index in [1.165, 1.54) is 0 Å². The third kappa shape index (κ3) is 5.46. The van der Waals surface area contributed by atoms with Crippen molar-refractivity contribution < 1.29 is 14.3 Å². The summed E-state index contributed by atoms with van der Waals surface area (Å²) in [4.78, 5) is 33.3. The second-order valence-electron chi connectivity index (χ2n) is 10.5. The van der Waals surface area contributed by atoms with Crippen LogP contribution in [0.5, 0.6) is 5.75 Å². The Hall–Kier alpha value is -3.64. The number of nitrogens with zero attached hydrogens (tertiary/aromatic N) is 3. The molecule has 3 aromatic carbocycles. The molecule has 0 saturated carbocycles. The molecule has 0 aliphatic carbocycles. The lowest BCUT2D eigenvalue weighted by Crippen LogP contribution is -2.47. The van der Waals surface area contributed by atoms with Gasteiger partial charge in [0.15, 0.2) is 0 Å². The van der Waals surface area contributed by atoms with Crippen molar-refractivity contribution in [3.63, 3.8) is 0 Å². The van der Waals surface area contributed by atoms with E-state index in [2.05, 4.69) is 24.1 Å². The molecule has 2 amide bonds. The number of ether oxygens (including phenoxy) is 1. The Labute approximate surface area is 225 Å². The summed E-state index contributed by atoms with van der Waals surface area (Å²) in [6, 6.07) is 22.1. The molecular formula is C32H37N3O3. The van der Waals surface area contributed by atoms with E-state index in [4.69, 9.17) is 4.74 Å². The van der Waals surface area contributed by atoms with Crippen molar-refractivity contribution in [2.24, 2.45) is 0 Å². The normalized spacial score (nSPS) is 18.0. The number of carbonyl (C=O) groups is 2. The van der Waals surface area contributed by atoms with Crippen molar-refractivity contribution in [1.29, 1.82) is 0 Å². The Balaban J connectivity index is 1.37. The summed E-state index contributed by atoms with van der Waals surface area (Å²) in [5, 5.41) is 0. The van der Waals surface area contributed by atoms with Gasteiger partial charge in [-0.05, 0) is 79.3 Å². The van der Waals surface area contributed by atoms with Gasteiger partial charge in [0.1, 0.15) is 5.75 Å². The molecule has 1 unspecified atom stereocenters. The fourth-order valence-electron chi connectivity index (χ4n) is 5.68. The van der Waals surface area contributed by atoms with E-state index in [0.29, 0.717) is 18.5 Å². The van der Waals surface area contributed by atoms with Crippen LogP contribution in [-0.4, -0.2) is 68.5 Å². The van der Waals surface area contributed by atoms with E-state index in [0.717, 1.165) is 72.7 Å². The maximum atomic E-state index is 13.9. The molecule has 2 heterocycles. The summed E-state index contributed by atoms with van der Waals surface area (Å²) in [5.41, 5.74) is 5.86. The molecule has 2 aliphatic heterocycles. The molecule has 198 valence electrons. The van der Waals surface area contributed by atoms with Crippen molar-refractivity contribution in [3.8, 4) is 16.9 Å². The van der Waals surface area contributed by atoms with Gasteiger partial charge in [-0.2, -0.15) is 0 Å². The van der Waals surface area contributed by atoms with Gasteiger partial charge in [-0.15, -0.1) is 0 Å². The van der Waals surface area contributed by atoms with E-state index < -0.39 is 0 Å². The van der Waals surface area contributed by atoms with Gasteiger partial charge in [0.25, 0.3) is 5.91 Å². The van der Waals surface area contributed by atoms with Gasteiger partial charge in [-0.3, -0.25) is 9.59 Å². The lowest BCUT2D eigenvalue weighted by atomic mass is 9.90. The summed E-state index contributed by atoms with van der Waals surface area (Å²) in [7, 11) is 3.76. The van der Waals surface area contributed by atoms with Crippen LogP contribution in [0.3, 0.4) is 0 Å². The minimum atomic E-state index is 0.0160. The van der Waals surface area contributed by atoms with Gasteiger partial charge in [0.05, 0.1) is 7.11 Å². The molecule has 1 saturated heterocycles. The standard InChI is InChI=1S/C32H37N3O3/c1-23-21-25(24-10-13-27(38-3)14-11-24)12-15-28(23)32(37)35-16-6-7-26(29-8-4-5-9-30(29)35)22-31(36)34-19-17-33(2)18-20-34/h4-5,8-15,21,26H,6-7,16-20,22H2,1-3H3. The van der Waals surface area contributed by atoms with E-state index in [-0.39, 0.29) is 17.7 Å². The summed E-state index contributed by atoms with van der Waals surface area (Å²) in [6.07, 6.45) is 2.26. The molecule has 0 radical (unpaired) electrons. The average molecular weight is 512 g/mol. The fourth-order valence-corrected chi connectivity index (χ4v) is 5.68. The number of fused-ring (bicyclic) bond motifs is 1. The number of anilines is 1. The summed E-state index contributed by atoms with van der Waals surface area (Å²) < 4.78 is 5.28. The highest BCUT2D eigenvalue weighted by Gasteiger charge is 2.30. The first-order valence-electron chi connectivity index (χ1n) is 13.6. The van der Waals surface area contributed by atoms with Crippen molar-refractivity contribution in [3.05, 3.63) is 83.4 Å². The van der Waals surface area contributed by atoms with Crippen LogP contribution in [0.4, 0.5) is 5.69 Å². The molecule has 2 aliphatic rings. The molecule has 3 aromatic rings. The number of likely N-dealkylation sites (N-methyl/N-ethyl adjacent to an activating group) is 1. The number of amides is 2. The zero-order valence-electron chi connectivity index (χ0n) is 22.7. The Morgan fingerprint density at radius 3 is 2.32 bits per heavy atom. The second-order valence-corrected chi connectivity index (χ2v) is 10.5. The van der Waals surface area contributed by atoms with Gasteiger partial charge >= 0.3 is 0 Å². The predicted octanol–water partition coefficient (Wildman–Crippen LogP) is 5.36. The number of carbonyl (C=O) groups excluding carboxylic acids is 2. The molecule has 0 spiro atoms. The molecule has 5 rings (SSSR count). The minimum Gasteiger partial charge on any atom is -0.497 e. The highest BCUT2D eigenvalue weighted by atomic mass is 16.5. The third-order valence-corrected chi connectivity index (χ3v) is 8.00. The van der Waals surface area contributed by atoms with Crippen LogP contribution in [0.15, 0.2) is 66.7 Å². The van der Waals surface area contributed by atoms with Crippen LogP contribution in [0.2, 0.25) is 0 Å². The Bertz CT molecular complexity index is 1300. The first-order chi connectivity index (χ1) is 18.4. The number of rotatable bonds is 5. The SMILES string of the molecule is COc1ccc(-c2ccc(C(=O)N3CCCC(CC(=O)N4CCN(C)CC4)c4ccccc43)c(C)c2)cc1. The number of aryl methyl sites for hydroxylation is 1. The van der Waals surface area contributed by atoms with Gasteiger partial charge in [-0.1, -0.05) is 42.5 Å². The van der Waals surface area contributed by atoms with Crippen LogP contribution < -0.4 is 9.64 Å². The molecule has 6 heteroatoms. The molecule has 0 N–H and O–H groups in total. The summed E-state index contributed by atoms with van der Waals surface area (Å²) in [5.74, 6) is 1.18. The van der Waals surface area contributed by atoms with Crippen molar-refractivity contribution in [2.75, 3.05) is 51.8 Å². The van der Waals surface area contributed by atoms with Crippen molar-refractivity contribution in [2.45, 2.75) is 32.1 Å². The topological polar surface area (TPSA) is 53.1 Å². The van der Waals surface area contributed by atoms with Crippen LogP contribution in [0.1, 0.15) is 46.7 Å². The predicted molar refractivity (Wildman–Crippen MR) is 152 cm³/mol. The first-order valence-corrected chi connectivity index (χ1v) is 13.6. The first kappa shape index (κ1) is 26.0. The number of methoxy groups -OCH3 is 1. The average Bonchev–Trinajstić information content (AvgIpc) is 3.12. The Morgan fingerprint density at radius 1 is 0.895 bits per heavy atom. The highest BCUT2D eigenvalue weighted by Crippen LogP contribution is 2.38. The lowest BCUT2D eigenvalue weighted by molar-refractivity contribution is -0.133. The number of benzene rings is 3. The van der Waals surface area contributed by atoms with E-state index in [1.807, 2.05) is 71.3 Å². The molecular weight excluding hydrogens is 474 g/mol. The molecule has 6 nitrogen and oxygen atoms in total. The van der Waals surface area contributed by atoms with Crippen LogP contribution in [0, 0.1) is 6.92 Å². The van der Waals surface area contributed by atoms with E-state index in [1.54, 1.807) is 7.11 Å². The van der Waals surface area contributed by atoms with E-state index in [9.17, 15) is 9.59 Å². The summed E-state index contributed by atoms with van der Waals surface area (Å²) >= 11 is 0. The largest absolute Gasteiger partial charge is 0.497 e. The minimum absolute atomic E-state index is 0.0160. The fraction of sp³-hybridized carbons (Fsp3) is 0.375. The molecule has 1 atom stereocenters. The maximum absolute atomic E-state index is 13.9. The smallest absolute Gasteiger partial charge is 0.258 e. The number of hydrogen-bond donors (Lipinski definition) is 0. The molecule has 0 bridgehead atoms. The van der Waals surface area contributed by atoms with Crippen molar-refractivity contribution >= 4 is 17.5 Å².